The van der Waals surface area contributed by atoms with Crippen LogP contribution in [0.5, 0.6) is 5.75 Å². The van der Waals surface area contributed by atoms with E-state index in [0.717, 1.165) is 10.9 Å². The molecule has 0 bridgehead atoms. The molecule has 3 aromatic carbocycles. The second-order valence-electron chi connectivity index (χ2n) is 8.50. The van der Waals surface area contributed by atoms with Crippen LogP contribution in [0, 0.1) is 0 Å². The van der Waals surface area contributed by atoms with Gasteiger partial charge in [0.05, 0.1) is 18.4 Å². The first-order valence-electron chi connectivity index (χ1n) is 11.5. The number of benzene rings is 3. The Bertz CT molecular complexity index is 1500. The van der Waals surface area contributed by atoms with Crippen LogP contribution in [0.3, 0.4) is 0 Å². The minimum Gasteiger partial charge on any atom is -0.495 e. The van der Waals surface area contributed by atoms with E-state index in [-0.39, 0.29) is 11.0 Å². The Balaban J connectivity index is 1.49. The first-order chi connectivity index (χ1) is 17.3. The minimum atomic E-state index is -0.452. The van der Waals surface area contributed by atoms with Gasteiger partial charge in [-0.1, -0.05) is 62.4 Å². The van der Waals surface area contributed by atoms with Crippen molar-refractivity contribution in [1.29, 1.82) is 0 Å². The largest absolute Gasteiger partial charge is 0.495 e. The lowest BCUT2D eigenvalue weighted by molar-refractivity contribution is -0.115. The molecule has 4 aromatic rings. The van der Waals surface area contributed by atoms with Crippen LogP contribution in [0.15, 0.2) is 88.1 Å². The van der Waals surface area contributed by atoms with Crippen LogP contribution in [0.2, 0.25) is 0 Å². The third kappa shape index (κ3) is 5.87. The molecule has 0 radical (unpaired) electrons. The van der Waals surface area contributed by atoms with Crippen molar-refractivity contribution in [1.82, 2.24) is 5.32 Å². The summed E-state index contributed by atoms with van der Waals surface area (Å²) in [6.07, 6.45) is 3.15. The van der Waals surface area contributed by atoms with Gasteiger partial charge in [-0.2, -0.15) is 0 Å². The molecule has 182 valence electrons. The molecule has 0 aliphatic heterocycles. The molecule has 2 N–H and O–H groups in total. The molecule has 0 unspecified atom stereocenters. The molecule has 0 aliphatic carbocycles. The molecule has 0 fully saturated rings. The predicted molar refractivity (Wildman–Crippen MR) is 148 cm³/mol. The number of carbonyl (C=O) groups excluding carboxylic acids is 1. The Labute approximate surface area is 214 Å². The fourth-order valence-corrected chi connectivity index (χ4v) is 3.92. The molecule has 0 saturated carbocycles. The molecule has 1 aromatic heterocycles. The van der Waals surface area contributed by atoms with E-state index in [2.05, 4.69) is 24.5 Å². The van der Waals surface area contributed by atoms with E-state index in [1.165, 1.54) is 18.7 Å². The zero-order chi connectivity index (χ0) is 25.7. The maximum Gasteiger partial charge on any atom is 0.344 e. The van der Waals surface area contributed by atoms with E-state index < -0.39 is 5.63 Å². The summed E-state index contributed by atoms with van der Waals surface area (Å²) in [6.45, 7) is 4.27. The first kappa shape index (κ1) is 24.9. The molecule has 1 amide bonds. The Morgan fingerprint density at radius 1 is 1.03 bits per heavy atom. The van der Waals surface area contributed by atoms with E-state index in [4.69, 9.17) is 21.4 Å². The second kappa shape index (κ2) is 11.0. The van der Waals surface area contributed by atoms with Gasteiger partial charge in [0.1, 0.15) is 11.3 Å². The predicted octanol–water partition coefficient (Wildman–Crippen LogP) is 6.12. The van der Waals surface area contributed by atoms with Gasteiger partial charge in [0, 0.05) is 11.5 Å². The molecule has 4 rings (SSSR count). The summed E-state index contributed by atoms with van der Waals surface area (Å²) in [5.41, 5.74) is 3.74. The molecule has 0 aliphatic rings. The second-order valence-corrected chi connectivity index (χ2v) is 8.91. The SMILES string of the molecule is COc1ccc(-c2cc3ccccc3oc2=O)cc1NC(=S)NC(=O)C=Cc1ccc(C(C)C)cc1. The number of nitrogens with one attached hydrogen (secondary N) is 2. The molecule has 0 spiro atoms. The number of methoxy groups -OCH3 is 1. The highest BCUT2D eigenvalue weighted by atomic mass is 32.1. The molecule has 7 heteroatoms. The van der Waals surface area contributed by atoms with Gasteiger partial charge in [-0.15, -0.1) is 0 Å². The third-order valence-electron chi connectivity index (χ3n) is 5.67. The van der Waals surface area contributed by atoms with Crippen molar-refractivity contribution < 1.29 is 13.9 Å². The van der Waals surface area contributed by atoms with Crippen molar-refractivity contribution in [2.24, 2.45) is 0 Å². The van der Waals surface area contributed by atoms with Gasteiger partial charge in [-0.25, -0.2) is 4.79 Å². The molecular formula is C29H26N2O4S. The van der Waals surface area contributed by atoms with Crippen molar-refractivity contribution in [3.63, 3.8) is 0 Å². The van der Waals surface area contributed by atoms with E-state index in [1.54, 1.807) is 36.4 Å². The molecule has 6 nitrogen and oxygen atoms in total. The lowest BCUT2D eigenvalue weighted by Gasteiger charge is -2.14. The fraction of sp³-hybridized carbons (Fsp3) is 0.138. The standard InChI is InChI=1S/C29H26N2O4S/c1-18(2)20-11-8-19(9-12-20)10-15-27(32)31-29(36)30-24-17-21(13-14-26(24)34-3)23-16-22-6-4-5-7-25(22)35-28(23)33/h4-18H,1-3H3,(H2,30,31,32,36). The van der Waals surface area contributed by atoms with Crippen LogP contribution in [-0.2, 0) is 4.79 Å². The minimum absolute atomic E-state index is 0.0980. The van der Waals surface area contributed by atoms with Crippen LogP contribution in [-0.4, -0.2) is 18.1 Å². The monoisotopic (exact) mass is 498 g/mol. The number of carbonyl (C=O) groups is 1. The number of hydrogen-bond acceptors (Lipinski definition) is 5. The average Bonchev–Trinajstić information content (AvgIpc) is 2.87. The first-order valence-corrected chi connectivity index (χ1v) is 11.9. The van der Waals surface area contributed by atoms with Gasteiger partial charge >= 0.3 is 5.63 Å². The van der Waals surface area contributed by atoms with Gasteiger partial charge in [-0.3, -0.25) is 10.1 Å². The Morgan fingerprint density at radius 3 is 2.50 bits per heavy atom. The molecule has 36 heavy (non-hydrogen) atoms. The maximum atomic E-state index is 12.6. The Kier molecular flexibility index (Phi) is 7.61. The normalized spacial score (nSPS) is 11.1. The zero-order valence-electron chi connectivity index (χ0n) is 20.2. The highest BCUT2D eigenvalue weighted by Crippen LogP contribution is 2.30. The van der Waals surface area contributed by atoms with Crippen molar-refractivity contribution >= 4 is 46.0 Å². The topological polar surface area (TPSA) is 80.6 Å². The highest BCUT2D eigenvalue weighted by molar-refractivity contribution is 7.80. The van der Waals surface area contributed by atoms with Crippen LogP contribution in [0.4, 0.5) is 5.69 Å². The smallest absolute Gasteiger partial charge is 0.344 e. The van der Waals surface area contributed by atoms with Gasteiger partial charge in [0.2, 0.25) is 5.91 Å². The zero-order valence-corrected chi connectivity index (χ0v) is 21.0. The number of hydrogen-bond donors (Lipinski definition) is 2. The van der Waals surface area contributed by atoms with Crippen molar-refractivity contribution in [2.45, 2.75) is 19.8 Å². The highest BCUT2D eigenvalue weighted by Gasteiger charge is 2.13. The summed E-state index contributed by atoms with van der Waals surface area (Å²) < 4.78 is 10.9. The van der Waals surface area contributed by atoms with Crippen LogP contribution >= 0.6 is 12.2 Å². The van der Waals surface area contributed by atoms with Crippen LogP contribution in [0.1, 0.15) is 30.9 Å². The van der Waals surface area contributed by atoms with Gasteiger partial charge in [0.25, 0.3) is 0 Å². The molecule has 0 saturated heterocycles. The number of anilines is 1. The van der Waals surface area contributed by atoms with Gasteiger partial charge in [-0.05, 0) is 65.2 Å². The van der Waals surface area contributed by atoms with Gasteiger partial charge < -0.3 is 14.5 Å². The average molecular weight is 499 g/mol. The van der Waals surface area contributed by atoms with Crippen molar-refractivity contribution in [3.05, 3.63) is 100 Å². The summed E-state index contributed by atoms with van der Waals surface area (Å²) >= 11 is 5.33. The molecule has 1 heterocycles. The van der Waals surface area contributed by atoms with E-state index in [1.807, 2.05) is 42.5 Å². The maximum absolute atomic E-state index is 12.6. The quantitative estimate of drug-likeness (QED) is 0.189. The summed E-state index contributed by atoms with van der Waals surface area (Å²) in [7, 11) is 1.53. The van der Waals surface area contributed by atoms with E-state index >= 15 is 0 Å². The molecule has 0 atom stereocenters. The van der Waals surface area contributed by atoms with E-state index in [0.29, 0.717) is 34.1 Å². The Hall–Kier alpha value is -4.23. The number of rotatable bonds is 6. The lowest BCUT2D eigenvalue weighted by Crippen LogP contribution is -2.32. The summed E-state index contributed by atoms with van der Waals surface area (Å²) in [4.78, 5) is 25.0. The van der Waals surface area contributed by atoms with Crippen LogP contribution in [0.25, 0.3) is 28.2 Å². The Morgan fingerprint density at radius 2 is 1.78 bits per heavy atom. The summed E-state index contributed by atoms with van der Waals surface area (Å²) in [5, 5.41) is 6.53. The number of fused-ring (bicyclic) bond motifs is 1. The third-order valence-corrected chi connectivity index (χ3v) is 5.87. The van der Waals surface area contributed by atoms with Crippen molar-refractivity contribution in [3.8, 4) is 16.9 Å². The van der Waals surface area contributed by atoms with Gasteiger partial charge in [0.15, 0.2) is 5.11 Å². The number of ether oxygens (including phenoxy) is 1. The number of thiocarbonyl (C=S) groups is 1. The van der Waals surface area contributed by atoms with Crippen LogP contribution < -0.4 is 21.0 Å². The lowest BCUT2D eigenvalue weighted by atomic mass is 10.0. The number of para-hydroxylation sites is 1. The number of amides is 1. The molecular weight excluding hydrogens is 472 g/mol. The van der Waals surface area contributed by atoms with Crippen molar-refractivity contribution in [2.75, 3.05) is 12.4 Å². The fourth-order valence-electron chi connectivity index (χ4n) is 3.71. The summed E-state index contributed by atoms with van der Waals surface area (Å²) in [5.74, 6) is 0.577. The summed E-state index contributed by atoms with van der Waals surface area (Å²) in [6, 6.07) is 22.3. The van der Waals surface area contributed by atoms with E-state index in [9.17, 15) is 9.59 Å².